The first-order valence-corrected chi connectivity index (χ1v) is 12.7. The van der Waals surface area contributed by atoms with Crippen molar-refractivity contribution in [3.63, 3.8) is 0 Å². The van der Waals surface area contributed by atoms with Gasteiger partial charge in [-0.25, -0.2) is 4.99 Å². The molecule has 0 bridgehead atoms. The minimum atomic E-state index is -0.464. The van der Waals surface area contributed by atoms with Gasteiger partial charge in [0.25, 0.3) is 5.56 Å². The van der Waals surface area contributed by atoms with Gasteiger partial charge >= 0.3 is 0 Å². The van der Waals surface area contributed by atoms with E-state index in [1.54, 1.807) is 4.57 Å². The Bertz CT molecular complexity index is 1460. The van der Waals surface area contributed by atoms with Gasteiger partial charge in [0.1, 0.15) is 0 Å². The molecule has 2 heterocycles. The van der Waals surface area contributed by atoms with E-state index in [9.17, 15) is 9.59 Å². The maximum Gasteiger partial charge on any atom is 0.271 e. The molecule has 1 unspecified atom stereocenters. The molecule has 0 radical (unpaired) electrons. The molecule has 162 valence electrons. The number of carbonyl (C=O) groups excluding carboxylic acids is 1. The van der Waals surface area contributed by atoms with Gasteiger partial charge in [0.2, 0.25) is 0 Å². The summed E-state index contributed by atoms with van der Waals surface area (Å²) >= 11 is 8.37. The molecule has 0 saturated heterocycles. The number of nitrogens with zero attached hydrogens (tertiary/aromatic N) is 2. The summed E-state index contributed by atoms with van der Waals surface area (Å²) in [4.78, 5) is 32.4. The van der Waals surface area contributed by atoms with Crippen LogP contribution in [0.25, 0.3) is 6.08 Å². The number of allylic oxidation sites excluding steroid dienone is 2. The summed E-state index contributed by atoms with van der Waals surface area (Å²) in [6, 6.07) is 15.2. The Morgan fingerprint density at radius 2 is 1.81 bits per heavy atom. The highest BCUT2D eigenvalue weighted by molar-refractivity contribution is 9.10. The number of fused-ring (bicyclic) bond motifs is 1. The van der Waals surface area contributed by atoms with Crippen LogP contribution in [0.2, 0.25) is 0 Å². The van der Waals surface area contributed by atoms with E-state index in [1.807, 2.05) is 54.6 Å². The largest absolute Gasteiger partial charge is 0.294 e. The fraction of sp³-hybridized carbons (Fsp3) is 0.240. The first-order chi connectivity index (χ1) is 15.2. The van der Waals surface area contributed by atoms with Crippen molar-refractivity contribution in [1.82, 2.24) is 4.57 Å². The van der Waals surface area contributed by atoms with Crippen molar-refractivity contribution in [2.45, 2.75) is 32.7 Å². The molecule has 7 heteroatoms. The van der Waals surface area contributed by atoms with Crippen LogP contribution in [-0.2, 0) is 4.79 Å². The van der Waals surface area contributed by atoms with Crippen LogP contribution in [0.5, 0.6) is 0 Å². The lowest BCUT2D eigenvalue weighted by Gasteiger charge is -2.35. The number of benzene rings is 2. The van der Waals surface area contributed by atoms with Crippen LogP contribution >= 0.6 is 43.2 Å². The van der Waals surface area contributed by atoms with Crippen LogP contribution in [0.15, 0.2) is 78.5 Å². The molecule has 1 atom stereocenters. The third kappa shape index (κ3) is 3.91. The quantitative estimate of drug-likeness (QED) is 0.428. The fourth-order valence-electron chi connectivity index (χ4n) is 4.45. The van der Waals surface area contributed by atoms with Gasteiger partial charge in [-0.05, 0) is 53.3 Å². The lowest BCUT2D eigenvalue weighted by Crippen LogP contribution is -2.42. The van der Waals surface area contributed by atoms with E-state index in [4.69, 9.17) is 4.99 Å². The highest BCUT2D eigenvalue weighted by Crippen LogP contribution is 2.43. The summed E-state index contributed by atoms with van der Waals surface area (Å²) in [5, 5.41) is 0. The Hall–Kier alpha value is -2.09. The molecular formula is C25H20Br2N2O2S. The summed E-state index contributed by atoms with van der Waals surface area (Å²) < 4.78 is 4.21. The van der Waals surface area contributed by atoms with E-state index in [2.05, 4.69) is 45.7 Å². The number of Topliss-reactive ketones (excluding diaryl/α,β-unsaturated/α-hetero) is 1. The van der Waals surface area contributed by atoms with E-state index in [0.29, 0.717) is 21.3 Å². The molecule has 0 saturated carbocycles. The lowest BCUT2D eigenvalue weighted by atomic mass is 9.73. The summed E-state index contributed by atoms with van der Waals surface area (Å²) in [7, 11) is 0. The molecule has 5 rings (SSSR count). The first kappa shape index (κ1) is 21.7. The number of ketones is 1. The van der Waals surface area contributed by atoms with Crippen LogP contribution in [0.3, 0.4) is 0 Å². The monoisotopic (exact) mass is 570 g/mol. The van der Waals surface area contributed by atoms with E-state index in [0.717, 1.165) is 32.2 Å². The Labute approximate surface area is 206 Å². The van der Waals surface area contributed by atoms with Crippen molar-refractivity contribution in [2.75, 3.05) is 0 Å². The zero-order valence-corrected chi connectivity index (χ0v) is 21.6. The fourth-order valence-corrected chi connectivity index (χ4v) is 6.15. The minimum Gasteiger partial charge on any atom is -0.294 e. The SMILES string of the molecule is CC1(C)CC(=O)C2=C(C1)N=c1sc(=Cc3ccc(Br)cc3)c(=O)n1C2c1cccc(Br)c1. The minimum absolute atomic E-state index is 0.0761. The van der Waals surface area contributed by atoms with Crippen molar-refractivity contribution in [3.8, 4) is 0 Å². The van der Waals surface area contributed by atoms with Crippen molar-refractivity contribution in [2.24, 2.45) is 10.4 Å². The van der Waals surface area contributed by atoms with Crippen LogP contribution in [0, 0.1) is 5.41 Å². The van der Waals surface area contributed by atoms with Crippen molar-refractivity contribution < 1.29 is 4.79 Å². The molecule has 0 spiro atoms. The number of hydrogen-bond donors (Lipinski definition) is 0. The number of aromatic nitrogens is 1. The standard InChI is InChI=1S/C25H20Br2N2O2S/c1-25(2)12-18-21(19(30)13-25)22(15-4-3-5-17(27)11-15)29-23(31)20(32-24(29)28-18)10-14-6-8-16(26)9-7-14/h3-11,22H,12-13H2,1-2H3. The maximum absolute atomic E-state index is 13.6. The number of thiazole rings is 1. The third-order valence-electron chi connectivity index (χ3n) is 5.83. The van der Waals surface area contributed by atoms with Gasteiger partial charge in [-0.2, -0.15) is 0 Å². The third-order valence-corrected chi connectivity index (χ3v) is 7.83. The van der Waals surface area contributed by atoms with Crippen LogP contribution in [0.4, 0.5) is 0 Å². The van der Waals surface area contributed by atoms with E-state index >= 15 is 0 Å². The smallest absolute Gasteiger partial charge is 0.271 e. The van der Waals surface area contributed by atoms with Crippen LogP contribution in [0.1, 0.15) is 43.9 Å². The van der Waals surface area contributed by atoms with Gasteiger partial charge in [0.15, 0.2) is 10.6 Å². The van der Waals surface area contributed by atoms with Crippen molar-refractivity contribution in [1.29, 1.82) is 0 Å². The first-order valence-electron chi connectivity index (χ1n) is 10.3. The predicted molar refractivity (Wildman–Crippen MR) is 134 cm³/mol. The molecule has 0 amide bonds. The lowest BCUT2D eigenvalue weighted by molar-refractivity contribution is -0.118. The average molecular weight is 572 g/mol. The second-order valence-electron chi connectivity index (χ2n) is 8.99. The Kier molecular flexibility index (Phi) is 5.47. The molecule has 2 aromatic carbocycles. The molecule has 0 fully saturated rings. The Morgan fingerprint density at radius 3 is 2.53 bits per heavy atom. The second-order valence-corrected chi connectivity index (χ2v) is 11.8. The van der Waals surface area contributed by atoms with Crippen molar-refractivity contribution >= 4 is 55.1 Å². The molecule has 1 aliphatic carbocycles. The molecule has 3 aromatic rings. The summed E-state index contributed by atoms with van der Waals surface area (Å²) in [6.45, 7) is 4.20. The van der Waals surface area contributed by atoms with E-state index in [1.165, 1.54) is 11.3 Å². The number of halogens is 2. The van der Waals surface area contributed by atoms with E-state index in [-0.39, 0.29) is 16.8 Å². The van der Waals surface area contributed by atoms with Crippen LogP contribution < -0.4 is 14.9 Å². The topological polar surface area (TPSA) is 51.4 Å². The highest BCUT2D eigenvalue weighted by atomic mass is 79.9. The van der Waals surface area contributed by atoms with Gasteiger partial charge in [0.05, 0.1) is 16.3 Å². The molecule has 4 nitrogen and oxygen atoms in total. The number of hydrogen-bond acceptors (Lipinski definition) is 4. The second kappa shape index (κ2) is 8.04. The normalized spacial score (nSPS) is 20.1. The molecule has 1 aliphatic heterocycles. The average Bonchev–Trinajstić information content (AvgIpc) is 3.02. The van der Waals surface area contributed by atoms with Gasteiger partial charge in [-0.15, -0.1) is 0 Å². The predicted octanol–water partition coefficient (Wildman–Crippen LogP) is 5.13. The van der Waals surface area contributed by atoms with Crippen LogP contribution in [-0.4, -0.2) is 10.4 Å². The van der Waals surface area contributed by atoms with Gasteiger partial charge in [-0.1, -0.05) is 81.3 Å². The summed E-state index contributed by atoms with van der Waals surface area (Å²) in [5.41, 5.74) is 3.06. The molecule has 32 heavy (non-hydrogen) atoms. The van der Waals surface area contributed by atoms with Gasteiger partial charge in [0, 0.05) is 20.9 Å². The van der Waals surface area contributed by atoms with Crippen molar-refractivity contribution in [3.05, 3.63) is 99.6 Å². The molecule has 1 aromatic heterocycles. The molecule has 2 aliphatic rings. The number of rotatable bonds is 2. The van der Waals surface area contributed by atoms with E-state index < -0.39 is 6.04 Å². The van der Waals surface area contributed by atoms with Gasteiger partial charge < -0.3 is 0 Å². The maximum atomic E-state index is 13.6. The number of carbonyl (C=O) groups is 1. The Balaban J connectivity index is 1.77. The zero-order valence-electron chi connectivity index (χ0n) is 17.6. The van der Waals surface area contributed by atoms with Gasteiger partial charge in [-0.3, -0.25) is 14.2 Å². The molecular weight excluding hydrogens is 552 g/mol. The molecule has 0 N–H and O–H groups in total. The summed E-state index contributed by atoms with van der Waals surface area (Å²) in [6.07, 6.45) is 3.07. The summed E-state index contributed by atoms with van der Waals surface area (Å²) in [5.74, 6) is 0.0761. The highest BCUT2D eigenvalue weighted by Gasteiger charge is 2.40. The zero-order chi connectivity index (χ0) is 22.6. The Morgan fingerprint density at radius 1 is 1.06 bits per heavy atom.